The van der Waals surface area contributed by atoms with Crippen LogP contribution in [0.15, 0.2) is 10.5 Å². The van der Waals surface area contributed by atoms with Crippen molar-refractivity contribution in [1.29, 1.82) is 0 Å². The van der Waals surface area contributed by atoms with Gasteiger partial charge >= 0.3 is 0 Å². The van der Waals surface area contributed by atoms with E-state index in [9.17, 15) is 0 Å². The Kier molecular flexibility index (Phi) is 6.34. The van der Waals surface area contributed by atoms with Crippen molar-refractivity contribution in [2.24, 2.45) is 5.92 Å². The van der Waals surface area contributed by atoms with Crippen molar-refractivity contribution in [2.75, 3.05) is 6.54 Å². The van der Waals surface area contributed by atoms with Crippen LogP contribution in [-0.4, -0.2) is 6.54 Å². The normalized spacial score (nSPS) is 13.4. The molecule has 1 aromatic heterocycles. The minimum atomic E-state index is 0.439. The molecule has 1 atom stereocenters. The van der Waals surface area contributed by atoms with Crippen molar-refractivity contribution in [1.82, 2.24) is 5.32 Å². The molecule has 1 unspecified atom stereocenters. The van der Waals surface area contributed by atoms with Crippen molar-refractivity contribution in [3.63, 3.8) is 0 Å². The fourth-order valence-electron chi connectivity index (χ4n) is 1.63. The molecule has 0 bridgehead atoms. The first kappa shape index (κ1) is 14.5. The standard InChI is InChI=1S/C12H19BrClNS/c1-4-5-15-10(6-8(2)3)11-7-9(13)12(14)16-11/h7-8,10,15H,4-6H2,1-3H3. The van der Waals surface area contributed by atoms with E-state index in [0.29, 0.717) is 12.0 Å². The summed E-state index contributed by atoms with van der Waals surface area (Å²) < 4.78 is 1.86. The van der Waals surface area contributed by atoms with E-state index in [2.05, 4.69) is 48.1 Å². The first-order chi connectivity index (χ1) is 7.54. The molecular formula is C12H19BrClNS. The lowest BCUT2D eigenvalue weighted by Crippen LogP contribution is -2.22. The lowest BCUT2D eigenvalue weighted by atomic mass is 10.0. The molecule has 0 aliphatic carbocycles. The van der Waals surface area contributed by atoms with Gasteiger partial charge in [-0.3, -0.25) is 0 Å². The third-order valence-electron chi connectivity index (χ3n) is 2.36. The summed E-state index contributed by atoms with van der Waals surface area (Å²) in [5.41, 5.74) is 0. The summed E-state index contributed by atoms with van der Waals surface area (Å²) in [7, 11) is 0. The first-order valence-electron chi connectivity index (χ1n) is 5.72. The molecule has 92 valence electrons. The van der Waals surface area contributed by atoms with Gasteiger partial charge in [0.25, 0.3) is 0 Å². The van der Waals surface area contributed by atoms with E-state index < -0.39 is 0 Å². The minimum Gasteiger partial charge on any atom is -0.309 e. The number of hydrogen-bond acceptors (Lipinski definition) is 2. The molecule has 1 heterocycles. The average molecular weight is 325 g/mol. The van der Waals surface area contributed by atoms with Gasteiger partial charge in [-0.05, 0) is 47.3 Å². The maximum absolute atomic E-state index is 6.09. The van der Waals surface area contributed by atoms with Crippen molar-refractivity contribution in [3.8, 4) is 0 Å². The van der Waals surface area contributed by atoms with E-state index in [1.165, 1.54) is 4.88 Å². The van der Waals surface area contributed by atoms with E-state index in [4.69, 9.17) is 11.6 Å². The second kappa shape index (κ2) is 7.00. The van der Waals surface area contributed by atoms with Gasteiger partial charge in [-0.15, -0.1) is 11.3 Å². The number of halogens is 2. The molecule has 0 aliphatic rings. The molecule has 0 saturated carbocycles. The zero-order chi connectivity index (χ0) is 12.1. The molecule has 1 rings (SSSR count). The number of hydrogen-bond donors (Lipinski definition) is 1. The summed E-state index contributed by atoms with van der Waals surface area (Å²) in [6.45, 7) is 7.76. The summed E-state index contributed by atoms with van der Waals surface area (Å²) >= 11 is 11.2. The Bertz CT molecular complexity index is 305. The van der Waals surface area contributed by atoms with E-state index in [1.807, 2.05) is 0 Å². The second-order valence-electron chi connectivity index (χ2n) is 4.41. The zero-order valence-corrected chi connectivity index (χ0v) is 13.2. The van der Waals surface area contributed by atoms with E-state index in [1.54, 1.807) is 11.3 Å². The smallest absolute Gasteiger partial charge is 0.107 e. The summed E-state index contributed by atoms with van der Waals surface area (Å²) in [4.78, 5) is 1.33. The maximum atomic E-state index is 6.09. The van der Waals surface area contributed by atoms with E-state index in [0.717, 1.165) is 28.2 Å². The van der Waals surface area contributed by atoms with E-state index >= 15 is 0 Å². The molecular weight excluding hydrogens is 306 g/mol. The van der Waals surface area contributed by atoms with Crippen molar-refractivity contribution in [3.05, 3.63) is 19.8 Å². The van der Waals surface area contributed by atoms with Gasteiger partial charge in [0, 0.05) is 15.4 Å². The summed E-state index contributed by atoms with van der Waals surface area (Å²) in [5.74, 6) is 0.689. The Balaban J connectivity index is 2.74. The third kappa shape index (κ3) is 4.36. The van der Waals surface area contributed by atoms with Crippen LogP contribution in [0.2, 0.25) is 4.34 Å². The van der Waals surface area contributed by atoms with Gasteiger partial charge in [0.15, 0.2) is 0 Å². The number of thiophene rings is 1. The van der Waals surface area contributed by atoms with Crippen LogP contribution in [0.4, 0.5) is 0 Å². The van der Waals surface area contributed by atoms with Crippen molar-refractivity contribution < 1.29 is 0 Å². The molecule has 0 aliphatic heterocycles. The first-order valence-corrected chi connectivity index (χ1v) is 7.71. The van der Waals surface area contributed by atoms with Crippen LogP contribution in [0.3, 0.4) is 0 Å². The third-order valence-corrected chi connectivity index (χ3v) is 4.94. The SMILES string of the molecule is CCCNC(CC(C)C)c1cc(Br)c(Cl)s1. The molecule has 0 radical (unpaired) electrons. The highest BCUT2D eigenvalue weighted by Gasteiger charge is 2.16. The molecule has 1 aromatic rings. The monoisotopic (exact) mass is 323 g/mol. The number of nitrogens with one attached hydrogen (secondary N) is 1. The highest BCUT2D eigenvalue weighted by molar-refractivity contribution is 9.10. The Labute approximate surface area is 116 Å². The van der Waals surface area contributed by atoms with Crippen molar-refractivity contribution in [2.45, 2.75) is 39.7 Å². The second-order valence-corrected chi connectivity index (χ2v) is 6.95. The van der Waals surface area contributed by atoms with Gasteiger partial charge in [-0.1, -0.05) is 32.4 Å². The van der Waals surface area contributed by atoms with Crippen LogP contribution in [0.25, 0.3) is 0 Å². The van der Waals surface area contributed by atoms with Gasteiger partial charge in [0.2, 0.25) is 0 Å². The molecule has 0 spiro atoms. The Hall–Kier alpha value is 0.430. The predicted molar refractivity (Wildman–Crippen MR) is 77.5 cm³/mol. The molecule has 0 amide bonds. The van der Waals surface area contributed by atoms with E-state index in [-0.39, 0.29) is 0 Å². The fourth-order valence-corrected chi connectivity index (χ4v) is 3.45. The Morgan fingerprint density at radius 3 is 2.62 bits per heavy atom. The van der Waals surface area contributed by atoms with Gasteiger partial charge < -0.3 is 5.32 Å². The van der Waals surface area contributed by atoms with Gasteiger partial charge in [-0.25, -0.2) is 0 Å². The van der Waals surface area contributed by atoms with Crippen molar-refractivity contribution >= 4 is 38.9 Å². The molecule has 4 heteroatoms. The lowest BCUT2D eigenvalue weighted by Gasteiger charge is -2.19. The van der Waals surface area contributed by atoms with Crippen LogP contribution in [-0.2, 0) is 0 Å². The molecule has 0 fully saturated rings. The molecule has 1 nitrogen and oxygen atoms in total. The summed E-state index contributed by atoms with van der Waals surface area (Å²) in [6.07, 6.45) is 2.32. The lowest BCUT2D eigenvalue weighted by molar-refractivity contribution is 0.435. The molecule has 16 heavy (non-hydrogen) atoms. The molecule has 0 aromatic carbocycles. The number of rotatable bonds is 6. The summed E-state index contributed by atoms with van der Waals surface area (Å²) in [6, 6.07) is 2.58. The fraction of sp³-hybridized carbons (Fsp3) is 0.667. The highest BCUT2D eigenvalue weighted by atomic mass is 79.9. The highest BCUT2D eigenvalue weighted by Crippen LogP contribution is 2.36. The minimum absolute atomic E-state index is 0.439. The van der Waals surface area contributed by atoms with Gasteiger partial charge in [0.1, 0.15) is 4.34 Å². The Morgan fingerprint density at radius 2 is 2.19 bits per heavy atom. The van der Waals surface area contributed by atoms with Crippen LogP contribution in [0.5, 0.6) is 0 Å². The largest absolute Gasteiger partial charge is 0.309 e. The zero-order valence-electron chi connectivity index (χ0n) is 10.0. The quantitative estimate of drug-likeness (QED) is 0.753. The Morgan fingerprint density at radius 1 is 1.50 bits per heavy atom. The van der Waals surface area contributed by atoms with Gasteiger partial charge in [0.05, 0.1) is 0 Å². The predicted octanol–water partition coefficient (Wildman–Crippen LogP) is 5.25. The average Bonchev–Trinajstić information content (AvgIpc) is 2.53. The van der Waals surface area contributed by atoms with Crippen LogP contribution >= 0.6 is 38.9 Å². The summed E-state index contributed by atoms with van der Waals surface area (Å²) in [5, 5.41) is 3.59. The van der Waals surface area contributed by atoms with Crippen LogP contribution < -0.4 is 5.32 Å². The molecule has 1 N–H and O–H groups in total. The van der Waals surface area contributed by atoms with Gasteiger partial charge in [-0.2, -0.15) is 0 Å². The topological polar surface area (TPSA) is 12.0 Å². The maximum Gasteiger partial charge on any atom is 0.107 e. The molecule has 0 saturated heterocycles. The van der Waals surface area contributed by atoms with Crippen LogP contribution in [0.1, 0.15) is 44.5 Å². The van der Waals surface area contributed by atoms with Crippen LogP contribution in [0, 0.1) is 5.92 Å².